The summed E-state index contributed by atoms with van der Waals surface area (Å²) in [6, 6.07) is 22.0. The fourth-order valence-corrected chi connectivity index (χ4v) is 2.35. The summed E-state index contributed by atoms with van der Waals surface area (Å²) in [5.74, 6) is 0. The Kier molecular flexibility index (Phi) is 5.06. The maximum atomic E-state index is 4.39. The van der Waals surface area contributed by atoms with Crippen LogP contribution in [0.15, 0.2) is 60.8 Å². The van der Waals surface area contributed by atoms with Gasteiger partial charge in [-0.15, -0.1) is 35.4 Å². The number of rotatable bonds is 2. The predicted octanol–water partition coefficient (Wildman–Crippen LogP) is 5.08. The second kappa shape index (κ2) is 6.80. The first-order valence-corrected chi connectivity index (χ1v) is 6.75. The molecule has 1 aromatic heterocycles. The Morgan fingerprint density at radius 3 is 2.62 bits per heavy atom. The fraction of sp³-hybridized carbons (Fsp3) is 0.105. The van der Waals surface area contributed by atoms with Crippen LogP contribution in [-0.2, 0) is 20.1 Å². The first kappa shape index (κ1) is 15.6. The third kappa shape index (κ3) is 3.47. The average molecular weight is 455 g/mol. The molecule has 0 aliphatic heterocycles. The first-order chi connectivity index (χ1) is 9.74. The number of hydrogen-bond donors (Lipinski definition) is 0. The van der Waals surface area contributed by atoms with E-state index in [0.29, 0.717) is 0 Å². The summed E-state index contributed by atoms with van der Waals surface area (Å²) in [5.41, 5.74) is 7.04. The van der Waals surface area contributed by atoms with Crippen molar-refractivity contribution in [3.63, 3.8) is 0 Å². The molecule has 0 saturated carbocycles. The zero-order valence-electron chi connectivity index (χ0n) is 12.1. The van der Waals surface area contributed by atoms with Gasteiger partial charge in [0.1, 0.15) is 0 Å². The molecule has 1 radical (unpaired) electrons. The zero-order chi connectivity index (χ0) is 13.9. The van der Waals surface area contributed by atoms with Gasteiger partial charge in [0.2, 0.25) is 0 Å². The van der Waals surface area contributed by atoms with E-state index in [2.05, 4.69) is 55.2 Å². The molecule has 0 fully saturated rings. The normalized spacial score (nSPS) is 10.0. The quantitative estimate of drug-likeness (QED) is 0.493. The van der Waals surface area contributed by atoms with E-state index in [4.69, 9.17) is 0 Å². The predicted molar refractivity (Wildman–Crippen MR) is 85.5 cm³/mol. The average Bonchev–Trinajstić information content (AvgIpc) is 2.51. The molecule has 109 valence electrons. The van der Waals surface area contributed by atoms with Crippen LogP contribution < -0.4 is 0 Å². The molecular weight excluding hydrogens is 434 g/mol. The summed E-state index contributed by atoms with van der Waals surface area (Å²) >= 11 is 0. The van der Waals surface area contributed by atoms with Gasteiger partial charge in [-0.2, -0.15) is 0 Å². The van der Waals surface area contributed by atoms with Gasteiger partial charge < -0.3 is 4.98 Å². The number of aryl methyl sites for hydroxylation is 2. The maximum Gasteiger partial charge on any atom is 0.0160 e. The summed E-state index contributed by atoms with van der Waals surface area (Å²) < 4.78 is 0. The van der Waals surface area contributed by atoms with Crippen molar-refractivity contribution in [3.05, 3.63) is 78.0 Å². The van der Waals surface area contributed by atoms with Crippen LogP contribution in [0.25, 0.3) is 22.4 Å². The molecular formula is C19H18IrN-. The van der Waals surface area contributed by atoms with Crippen LogP contribution in [0, 0.1) is 19.9 Å². The summed E-state index contributed by atoms with van der Waals surface area (Å²) in [6.07, 6.45) is 1.81. The Balaban J connectivity index is 0.00000121. The van der Waals surface area contributed by atoms with Gasteiger partial charge in [0.05, 0.1) is 0 Å². The van der Waals surface area contributed by atoms with Gasteiger partial charge in [0.25, 0.3) is 0 Å². The van der Waals surface area contributed by atoms with Crippen molar-refractivity contribution >= 4 is 0 Å². The van der Waals surface area contributed by atoms with Gasteiger partial charge in [-0.05, 0) is 36.7 Å². The number of nitrogens with zero attached hydrogens (tertiary/aromatic N) is 1. The van der Waals surface area contributed by atoms with Crippen molar-refractivity contribution in [3.8, 4) is 22.4 Å². The minimum atomic E-state index is 0. The van der Waals surface area contributed by atoms with E-state index in [-0.39, 0.29) is 21.5 Å². The molecule has 0 unspecified atom stereocenters. The summed E-state index contributed by atoms with van der Waals surface area (Å²) in [7, 11) is 0. The van der Waals surface area contributed by atoms with Gasteiger partial charge in [-0.1, -0.05) is 35.9 Å². The third-order valence-corrected chi connectivity index (χ3v) is 3.45. The Morgan fingerprint density at radius 2 is 1.86 bits per heavy atom. The molecule has 0 aliphatic carbocycles. The van der Waals surface area contributed by atoms with Crippen LogP contribution in [0.2, 0.25) is 0 Å². The van der Waals surface area contributed by atoms with Gasteiger partial charge in [0, 0.05) is 27.7 Å². The van der Waals surface area contributed by atoms with Gasteiger partial charge in [-0.3, -0.25) is 0 Å². The van der Waals surface area contributed by atoms with Crippen molar-refractivity contribution in [1.82, 2.24) is 4.98 Å². The van der Waals surface area contributed by atoms with Crippen molar-refractivity contribution in [1.29, 1.82) is 0 Å². The van der Waals surface area contributed by atoms with Gasteiger partial charge in [-0.25, -0.2) is 0 Å². The fourth-order valence-electron chi connectivity index (χ4n) is 2.35. The van der Waals surface area contributed by atoms with Crippen molar-refractivity contribution in [2.45, 2.75) is 13.8 Å². The minimum absolute atomic E-state index is 0. The molecule has 0 amide bonds. The van der Waals surface area contributed by atoms with E-state index in [9.17, 15) is 0 Å². The monoisotopic (exact) mass is 455 g/mol. The summed E-state index contributed by atoms with van der Waals surface area (Å²) in [4.78, 5) is 4.39. The van der Waals surface area contributed by atoms with Gasteiger partial charge in [0.15, 0.2) is 0 Å². The Labute approximate surface area is 140 Å². The van der Waals surface area contributed by atoms with E-state index in [1.807, 2.05) is 30.5 Å². The Hall–Kier alpha value is -1.76. The van der Waals surface area contributed by atoms with Crippen LogP contribution in [0.3, 0.4) is 0 Å². The van der Waals surface area contributed by atoms with Gasteiger partial charge >= 0.3 is 0 Å². The smallest absolute Gasteiger partial charge is 0.0160 e. The van der Waals surface area contributed by atoms with Crippen LogP contribution in [0.4, 0.5) is 0 Å². The number of hydrogen-bond acceptors (Lipinski definition) is 1. The van der Waals surface area contributed by atoms with Crippen LogP contribution in [0.5, 0.6) is 0 Å². The molecule has 3 aromatic rings. The molecule has 0 saturated heterocycles. The molecule has 0 N–H and O–H groups in total. The number of aromatic nitrogens is 1. The molecule has 1 heterocycles. The second-order valence-electron chi connectivity index (χ2n) is 5.02. The minimum Gasteiger partial charge on any atom is -0.305 e. The van der Waals surface area contributed by atoms with E-state index < -0.39 is 0 Å². The SMILES string of the molecule is Cc1ccc(C)c(-c2cc[c-]c(-c3ccccn3)c2)c1.[3HH].[Ir]. The molecule has 0 aliphatic rings. The van der Waals surface area contributed by atoms with Crippen molar-refractivity contribution in [2.75, 3.05) is 0 Å². The zero-order valence-corrected chi connectivity index (χ0v) is 14.4. The number of benzene rings is 2. The number of pyridine rings is 1. The van der Waals surface area contributed by atoms with E-state index in [1.165, 1.54) is 22.3 Å². The largest absolute Gasteiger partial charge is 0.305 e. The standard InChI is InChI=1S/C19H16N.Ir.H2/c1-14-9-10-15(2)18(12-14)16-6-5-7-17(13-16)19-8-3-4-11-20-19;;/h3-6,8-13H,1-2H3;;1H/q-1;;/i;;1+2. The summed E-state index contributed by atoms with van der Waals surface area (Å²) in [6.45, 7) is 4.27. The molecule has 2 heteroatoms. The third-order valence-electron chi connectivity index (χ3n) is 3.45. The molecule has 0 atom stereocenters. The van der Waals surface area contributed by atoms with E-state index in [0.717, 1.165) is 11.3 Å². The van der Waals surface area contributed by atoms with Crippen LogP contribution in [-0.4, -0.2) is 4.98 Å². The maximum absolute atomic E-state index is 4.39. The van der Waals surface area contributed by atoms with Crippen molar-refractivity contribution < 1.29 is 21.5 Å². The first-order valence-electron chi connectivity index (χ1n) is 6.75. The summed E-state index contributed by atoms with van der Waals surface area (Å²) in [5, 5.41) is 0. The topological polar surface area (TPSA) is 12.9 Å². The molecule has 1 nitrogen and oxygen atoms in total. The Morgan fingerprint density at radius 1 is 1.00 bits per heavy atom. The van der Waals surface area contributed by atoms with Crippen LogP contribution in [0.1, 0.15) is 12.6 Å². The molecule has 3 rings (SSSR count). The molecule has 2 aromatic carbocycles. The Bertz CT molecular complexity index is 741. The molecule has 0 spiro atoms. The molecule has 21 heavy (non-hydrogen) atoms. The van der Waals surface area contributed by atoms with Crippen LogP contribution >= 0.6 is 0 Å². The molecule has 0 bridgehead atoms. The van der Waals surface area contributed by atoms with E-state index >= 15 is 0 Å². The van der Waals surface area contributed by atoms with Crippen molar-refractivity contribution in [2.24, 2.45) is 0 Å². The second-order valence-corrected chi connectivity index (χ2v) is 5.02. The van der Waals surface area contributed by atoms with E-state index in [1.54, 1.807) is 0 Å².